The molecule has 0 aliphatic rings. The van der Waals surface area contributed by atoms with Crippen molar-refractivity contribution >= 4 is 17.5 Å². The van der Waals surface area contributed by atoms with Crippen LogP contribution in [0.5, 0.6) is 0 Å². The molecule has 17 heavy (non-hydrogen) atoms. The van der Waals surface area contributed by atoms with Gasteiger partial charge in [-0.1, -0.05) is 0 Å². The fourth-order valence-electron chi connectivity index (χ4n) is 1.75. The third-order valence-corrected chi connectivity index (χ3v) is 3.15. The van der Waals surface area contributed by atoms with Gasteiger partial charge in [-0.15, -0.1) is 11.6 Å². The molecule has 5 heteroatoms. The average molecular weight is 258 g/mol. The number of amides is 1. The lowest BCUT2D eigenvalue weighted by Crippen LogP contribution is -2.29. The van der Waals surface area contributed by atoms with E-state index < -0.39 is 0 Å². The van der Waals surface area contributed by atoms with Crippen LogP contribution in [-0.2, 0) is 7.05 Å². The van der Waals surface area contributed by atoms with Gasteiger partial charge in [-0.2, -0.15) is 5.10 Å². The van der Waals surface area contributed by atoms with Crippen LogP contribution in [0.1, 0.15) is 35.1 Å². The lowest BCUT2D eigenvalue weighted by Gasteiger charge is -2.18. The largest absolute Gasteiger partial charge is 0.342 e. The molecule has 0 N–H and O–H groups in total. The number of carbonyl (C=O) groups excluding carboxylic acids is 1. The maximum absolute atomic E-state index is 12.2. The number of aryl methyl sites for hydroxylation is 2. The number of aromatic nitrogens is 2. The molecule has 1 rings (SSSR count). The van der Waals surface area contributed by atoms with Gasteiger partial charge >= 0.3 is 0 Å². The molecule has 0 aromatic carbocycles. The number of carbonyl (C=O) groups is 1. The van der Waals surface area contributed by atoms with Gasteiger partial charge in [0.2, 0.25) is 0 Å². The van der Waals surface area contributed by atoms with E-state index in [1.165, 1.54) is 0 Å². The Morgan fingerprint density at radius 1 is 1.53 bits per heavy atom. The number of alkyl halides is 1. The van der Waals surface area contributed by atoms with Crippen LogP contribution in [0.25, 0.3) is 0 Å². The molecule has 0 fully saturated rings. The van der Waals surface area contributed by atoms with E-state index in [4.69, 9.17) is 11.6 Å². The summed E-state index contributed by atoms with van der Waals surface area (Å²) in [7, 11) is 3.65. The summed E-state index contributed by atoms with van der Waals surface area (Å²) in [6.07, 6.45) is 0.794. The number of hydrogen-bond donors (Lipinski definition) is 0. The zero-order valence-corrected chi connectivity index (χ0v) is 11.9. The highest BCUT2D eigenvalue weighted by molar-refractivity contribution is 6.20. The summed E-state index contributed by atoms with van der Waals surface area (Å²) in [6, 6.07) is 0. The van der Waals surface area contributed by atoms with Crippen LogP contribution < -0.4 is 0 Å². The molecular weight excluding hydrogens is 238 g/mol. The van der Waals surface area contributed by atoms with Crippen molar-refractivity contribution in [1.29, 1.82) is 0 Å². The van der Waals surface area contributed by atoms with E-state index in [1.807, 2.05) is 27.8 Å². The van der Waals surface area contributed by atoms with Crippen LogP contribution in [0.4, 0.5) is 0 Å². The number of nitrogens with zero attached hydrogens (tertiary/aromatic N) is 3. The van der Waals surface area contributed by atoms with Gasteiger partial charge in [-0.05, 0) is 27.2 Å². The zero-order valence-electron chi connectivity index (χ0n) is 11.1. The van der Waals surface area contributed by atoms with E-state index in [1.54, 1.807) is 16.6 Å². The molecular formula is C12H20ClN3O. The number of rotatable bonds is 4. The first-order valence-electron chi connectivity index (χ1n) is 5.74. The summed E-state index contributed by atoms with van der Waals surface area (Å²) in [5.74, 6) is 0.0189. The topological polar surface area (TPSA) is 38.1 Å². The monoisotopic (exact) mass is 257 g/mol. The summed E-state index contributed by atoms with van der Waals surface area (Å²) < 4.78 is 1.74. The summed E-state index contributed by atoms with van der Waals surface area (Å²) in [5, 5.41) is 4.34. The molecule has 1 aromatic rings. The Bertz CT molecular complexity index is 412. The van der Waals surface area contributed by atoms with Gasteiger partial charge in [0, 0.05) is 31.7 Å². The Hall–Kier alpha value is -1.03. The second-order valence-electron chi connectivity index (χ2n) is 4.47. The van der Waals surface area contributed by atoms with Crippen molar-refractivity contribution in [2.24, 2.45) is 7.05 Å². The Labute approximate surface area is 108 Å². The molecule has 0 aliphatic carbocycles. The van der Waals surface area contributed by atoms with Crippen molar-refractivity contribution in [1.82, 2.24) is 14.7 Å². The van der Waals surface area contributed by atoms with Crippen LogP contribution in [0, 0.1) is 13.8 Å². The van der Waals surface area contributed by atoms with Gasteiger partial charge in [0.05, 0.1) is 11.3 Å². The fourth-order valence-corrected chi connectivity index (χ4v) is 1.84. The fraction of sp³-hybridized carbons (Fsp3) is 0.667. The maximum atomic E-state index is 12.2. The van der Waals surface area contributed by atoms with Crippen molar-refractivity contribution < 1.29 is 4.79 Å². The van der Waals surface area contributed by atoms with Crippen molar-refractivity contribution in [3.8, 4) is 0 Å². The van der Waals surface area contributed by atoms with Crippen LogP contribution in [0.2, 0.25) is 0 Å². The van der Waals surface area contributed by atoms with Gasteiger partial charge in [0.15, 0.2) is 0 Å². The highest BCUT2D eigenvalue weighted by Gasteiger charge is 2.20. The summed E-state index contributed by atoms with van der Waals surface area (Å²) in [5.41, 5.74) is 2.39. The van der Waals surface area contributed by atoms with Gasteiger partial charge in [0.25, 0.3) is 5.91 Å². The average Bonchev–Trinajstić information content (AvgIpc) is 2.49. The normalized spacial score (nSPS) is 12.6. The zero-order chi connectivity index (χ0) is 13.2. The smallest absolute Gasteiger partial charge is 0.257 e. The molecule has 96 valence electrons. The molecule has 1 unspecified atom stereocenters. The van der Waals surface area contributed by atoms with Crippen LogP contribution >= 0.6 is 11.6 Å². The molecule has 1 aromatic heterocycles. The van der Waals surface area contributed by atoms with Gasteiger partial charge in [-0.3, -0.25) is 9.48 Å². The Kier molecular flexibility index (Phi) is 4.57. The van der Waals surface area contributed by atoms with E-state index in [0.29, 0.717) is 12.1 Å². The summed E-state index contributed by atoms with van der Waals surface area (Å²) >= 11 is 5.88. The molecule has 4 nitrogen and oxygen atoms in total. The predicted molar refractivity (Wildman–Crippen MR) is 69.6 cm³/mol. The minimum atomic E-state index is 0.0189. The SMILES string of the molecule is Cc1nn(C)c(C)c1C(=O)N(C)CCC(C)Cl. The predicted octanol–water partition coefficient (Wildman–Crippen LogP) is 2.13. The molecule has 0 saturated heterocycles. The molecule has 0 bridgehead atoms. The number of halogens is 1. The van der Waals surface area contributed by atoms with E-state index >= 15 is 0 Å². The first-order chi connectivity index (χ1) is 7.84. The second kappa shape index (κ2) is 5.54. The standard InChI is InChI=1S/C12H20ClN3O/c1-8(13)6-7-15(4)12(17)11-9(2)14-16(5)10(11)3/h8H,6-7H2,1-5H3. The van der Waals surface area contributed by atoms with E-state index in [0.717, 1.165) is 17.8 Å². The van der Waals surface area contributed by atoms with Crippen LogP contribution in [-0.4, -0.2) is 39.6 Å². The molecule has 0 spiro atoms. The van der Waals surface area contributed by atoms with Crippen LogP contribution in [0.3, 0.4) is 0 Å². The van der Waals surface area contributed by atoms with Crippen molar-refractivity contribution in [2.75, 3.05) is 13.6 Å². The molecule has 0 saturated carbocycles. The molecule has 1 amide bonds. The first-order valence-corrected chi connectivity index (χ1v) is 6.18. The second-order valence-corrected chi connectivity index (χ2v) is 5.21. The van der Waals surface area contributed by atoms with Crippen LogP contribution in [0.15, 0.2) is 0 Å². The van der Waals surface area contributed by atoms with E-state index in [9.17, 15) is 4.79 Å². The Balaban J connectivity index is 2.82. The Morgan fingerprint density at radius 3 is 2.53 bits per heavy atom. The van der Waals surface area contributed by atoms with Gasteiger partial charge in [-0.25, -0.2) is 0 Å². The lowest BCUT2D eigenvalue weighted by atomic mass is 10.1. The van der Waals surface area contributed by atoms with Gasteiger partial charge < -0.3 is 4.90 Å². The van der Waals surface area contributed by atoms with Crippen molar-refractivity contribution in [2.45, 2.75) is 32.6 Å². The quantitative estimate of drug-likeness (QED) is 0.775. The highest BCUT2D eigenvalue weighted by Crippen LogP contribution is 2.14. The molecule has 0 aliphatic heterocycles. The first kappa shape index (κ1) is 14.0. The minimum absolute atomic E-state index is 0.0189. The van der Waals surface area contributed by atoms with Crippen molar-refractivity contribution in [3.63, 3.8) is 0 Å². The Morgan fingerprint density at radius 2 is 2.12 bits per heavy atom. The maximum Gasteiger partial charge on any atom is 0.257 e. The summed E-state index contributed by atoms with van der Waals surface area (Å²) in [4.78, 5) is 13.9. The highest BCUT2D eigenvalue weighted by atomic mass is 35.5. The number of hydrogen-bond acceptors (Lipinski definition) is 2. The van der Waals surface area contributed by atoms with E-state index in [2.05, 4.69) is 5.10 Å². The van der Waals surface area contributed by atoms with E-state index in [-0.39, 0.29) is 11.3 Å². The third kappa shape index (κ3) is 3.22. The molecule has 1 atom stereocenters. The minimum Gasteiger partial charge on any atom is -0.342 e. The molecule has 0 radical (unpaired) electrons. The van der Waals surface area contributed by atoms with Crippen molar-refractivity contribution in [3.05, 3.63) is 17.0 Å². The summed E-state index contributed by atoms with van der Waals surface area (Å²) in [6.45, 7) is 6.36. The lowest BCUT2D eigenvalue weighted by molar-refractivity contribution is 0.0792. The molecule has 1 heterocycles. The van der Waals surface area contributed by atoms with Gasteiger partial charge in [0.1, 0.15) is 0 Å². The third-order valence-electron chi connectivity index (χ3n) is 2.93.